The number of imide groups is 1. The summed E-state index contributed by atoms with van der Waals surface area (Å²) in [7, 11) is 0. The van der Waals surface area contributed by atoms with E-state index < -0.39 is 0 Å². The summed E-state index contributed by atoms with van der Waals surface area (Å²) in [5.41, 5.74) is 1.46. The Morgan fingerprint density at radius 1 is 1.23 bits per heavy atom. The van der Waals surface area contributed by atoms with E-state index in [0.29, 0.717) is 21.7 Å². The minimum absolute atomic E-state index is 0.347. The number of hydrogen-bond donors (Lipinski definition) is 1. The summed E-state index contributed by atoms with van der Waals surface area (Å²) >= 11 is 5.81. The molecule has 3 nitrogen and oxygen atoms in total. The number of rotatable bonds is 0. The third-order valence-corrected chi connectivity index (χ3v) is 2.51. The van der Waals surface area contributed by atoms with Crippen LogP contribution in [0.1, 0.15) is 26.3 Å². The van der Waals surface area contributed by atoms with Crippen LogP contribution in [-0.2, 0) is 0 Å². The molecule has 66 valence electrons. The van der Waals surface area contributed by atoms with Gasteiger partial charge in [0.2, 0.25) is 0 Å². The van der Waals surface area contributed by atoms with E-state index in [-0.39, 0.29) is 11.8 Å². The molecule has 0 aliphatic carbocycles. The first kappa shape index (κ1) is 8.26. The second-order valence-electron chi connectivity index (χ2n) is 2.88. The quantitative estimate of drug-likeness (QED) is 0.639. The smallest absolute Gasteiger partial charge is 0.259 e. The van der Waals surface area contributed by atoms with Crippen molar-refractivity contribution in [1.29, 1.82) is 0 Å². The van der Waals surface area contributed by atoms with E-state index in [1.165, 1.54) is 0 Å². The molecule has 0 aromatic heterocycles. The molecule has 1 aromatic rings. The zero-order chi connectivity index (χ0) is 9.59. The van der Waals surface area contributed by atoms with Crippen molar-refractivity contribution in [3.63, 3.8) is 0 Å². The molecule has 1 aromatic carbocycles. The fourth-order valence-corrected chi connectivity index (χ4v) is 1.56. The van der Waals surface area contributed by atoms with E-state index in [0.717, 1.165) is 0 Å². The number of carbonyl (C=O) groups excluding carboxylic acids is 2. The van der Waals surface area contributed by atoms with Gasteiger partial charge in [0.05, 0.1) is 11.1 Å². The Labute approximate surface area is 79.7 Å². The van der Waals surface area contributed by atoms with Crippen LogP contribution < -0.4 is 5.32 Å². The topological polar surface area (TPSA) is 46.2 Å². The van der Waals surface area contributed by atoms with Crippen molar-refractivity contribution < 1.29 is 9.59 Å². The molecule has 4 heteroatoms. The van der Waals surface area contributed by atoms with Gasteiger partial charge in [-0.1, -0.05) is 11.6 Å². The molecule has 2 rings (SSSR count). The molecular weight excluding hydrogens is 190 g/mol. The lowest BCUT2D eigenvalue weighted by molar-refractivity contribution is 0.0879. The first-order chi connectivity index (χ1) is 6.11. The van der Waals surface area contributed by atoms with Gasteiger partial charge in [-0.05, 0) is 24.6 Å². The summed E-state index contributed by atoms with van der Waals surface area (Å²) in [6, 6.07) is 3.18. The van der Waals surface area contributed by atoms with Crippen LogP contribution in [0.2, 0.25) is 5.02 Å². The van der Waals surface area contributed by atoms with E-state index in [9.17, 15) is 9.59 Å². The highest BCUT2D eigenvalue weighted by Gasteiger charge is 2.28. The number of halogens is 1. The van der Waals surface area contributed by atoms with Crippen molar-refractivity contribution in [2.24, 2.45) is 0 Å². The maximum atomic E-state index is 11.3. The Morgan fingerprint density at radius 3 is 2.62 bits per heavy atom. The minimum atomic E-state index is -0.361. The fourth-order valence-electron chi connectivity index (χ4n) is 1.40. The molecule has 1 N–H and O–H groups in total. The number of hydrogen-bond acceptors (Lipinski definition) is 2. The maximum Gasteiger partial charge on any atom is 0.259 e. The Hall–Kier alpha value is -1.35. The summed E-state index contributed by atoms with van der Waals surface area (Å²) in [5, 5.41) is 2.72. The highest BCUT2D eigenvalue weighted by molar-refractivity contribution is 6.33. The maximum absolute atomic E-state index is 11.3. The van der Waals surface area contributed by atoms with Crippen LogP contribution in [0.3, 0.4) is 0 Å². The van der Waals surface area contributed by atoms with E-state index in [2.05, 4.69) is 5.32 Å². The zero-order valence-electron chi connectivity index (χ0n) is 6.85. The molecule has 1 aliphatic heterocycles. The van der Waals surface area contributed by atoms with Crippen LogP contribution in [0.15, 0.2) is 12.1 Å². The van der Waals surface area contributed by atoms with Gasteiger partial charge >= 0.3 is 0 Å². The molecule has 0 saturated heterocycles. The molecule has 1 aliphatic rings. The lowest BCUT2D eigenvalue weighted by atomic mass is 10.0. The van der Waals surface area contributed by atoms with E-state index in [4.69, 9.17) is 11.6 Å². The van der Waals surface area contributed by atoms with Gasteiger partial charge in [-0.2, -0.15) is 0 Å². The van der Waals surface area contributed by atoms with Crippen LogP contribution >= 0.6 is 11.6 Å². The van der Waals surface area contributed by atoms with Crippen molar-refractivity contribution in [2.75, 3.05) is 0 Å². The van der Waals surface area contributed by atoms with E-state index >= 15 is 0 Å². The largest absolute Gasteiger partial charge is 0.288 e. The molecule has 0 saturated carbocycles. The van der Waals surface area contributed by atoms with Crippen molar-refractivity contribution in [2.45, 2.75) is 6.92 Å². The highest BCUT2D eigenvalue weighted by Crippen LogP contribution is 2.25. The van der Waals surface area contributed by atoms with Crippen LogP contribution in [0, 0.1) is 6.92 Å². The van der Waals surface area contributed by atoms with Gasteiger partial charge in [-0.25, -0.2) is 0 Å². The third-order valence-electron chi connectivity index (χ3n) is 2.10. The number of nitrogens with one attached hydrogen (secondary N) is 1. The van der Waals surface area contributed by atoms with Gasteiger partial charge in [0, 0.05) is 5.02 Å². The lowest BCUT2D eigenvalue weighted by Gasteiger charge is -2.00. The minimum Gasteiger partial charge on any atom is -0.288 e. The Balaban J connectivity index is 2.78. The molecular formula is C9H6ClNO2. The van der Waals surface area contributed by atoms with Crippen molar-refractivity contribution in [3.8, 4) is 0 Å². The number of carbonyl (C=O) groups is 2. The van der Waals surface area contributed by atoms with Gasteiger partial charge in [0.25, 0.3) is 11.8 Å². The number of amides is 2. The predicted molar refractivity (Wildman–Crippen MR) is 48.0 cm³/mol. The first-order valence-corrected chi connectivity index (χ1v) is 4.14. The summed E-state index contributed by atoms with van der Waals surface area (Å²) in [5.74, 6) is -0.709. The van der Waals surface area contributed by atoms with Crippen LogP contribution in [0.25, 0.3) is 0 Å². The van der Waals surface area contributed by atoms with Gasteiger partial charge in [0.15, 0.2) is 0 Å². The van der Waals surface area contributed by atoms with Crippen LogP contribution in [0.4, 0.5) is 0 Å². The Morgan fingerprint density at radius 2 is 1.92 bits per heavy atom. The number of benzene rings is 1. The standard InChI is InChI=1S/C9H6ClNO2/c1-4-6(10)3-2-5-7(4)9(13)11-8(5)12/h2-3H,1H3,(H,11,12,13). The predicted octanol–water partition coefficient (Wildman–Crippen LogP) is 1.53. The molecule has 1 heterocycles. The molecule has 0 fully saturated rings. The second-order valence-corrected chi connectivity index (χ2v) is 3.29. The molecule has 2 amide bonds. The van der Waals surface area contributed by atoms with Crippen LogP contribution in [0.5, 0.6) is 0 Å². The Kier molecular flexibility index (Phi) is 1.63. The molecule has 0 unspecified atom stereocenters. The first-order valence-electron chi connectivity index (χ1n) is 3.76. The average Bonchev–Trinajstić information content (AvgIpc) is 2.35. The summed E-state index contributed by atoms with van der Waals surface area (Å²) < 4.78 is 0. The summed E-state index contributed by atoms with van der Waals surface area (Å²) in [6.45, 7) is 1.72. The van der Waals surface area contributed by atoms with Gasteiger partial charge < -0.3 is 0 Å². The molecule has 0 radical (unpaired) electrons. The normalized spacial score (nSPS) is 14.3. The summed E-state index contributed by atoms with van der Waals surface area (Å²) in [4.78, 5) is 22.4. The highest BCUT2D eigenvalue weighted by atomic mass is 35.5. The van der Waals surface area contributed by atoms with Gasteiger partial charge in [-0.15, -0.1) is 0 Å². The van der Waals surface area contributed by atoms with Crippen LogP contribution in [-0.4, -0.2) is 11.8 Å². The number of fused-ring (bicyclic) bond motifs is 1. The molecule has 0 bridgehead atoms. The van der Waals surface area contributed by atoms with E-state index in [1.54, 1.807) is 19.1 Å². The summed E-state index contributed by atoms with van der Waals surface area (Å²) in [6.07, 6.45) is 0. The molecule has 0 atom stereocenters. The fraction of sp³-hybridized carbons (Fsp3) is 0.111. The van der Waals surface area contributed by atoms with Crippen molar-refractivity contribution >= 4 is 23.4 Å². The second kappa shape index (κ2) is 2.57. The van der Waals surface area contributed by atoms with Crippen molar-refractivity contribution in [1.82, 2.24) is 5.32 Å². The molecule has 13 heavy (non-hydrogen) atoms. The van der Waals surface area contributed by atoms with Crippen molar-refractivity contribution in [3.05, 3.63) is 33.8 Å². The van der Waals surface area contributed by atoms with Gasteiger partial charge in [-0.3, -0.25) is 14.9 Å². The monoisotopic (exact) mass is 195 g/mol. The molecule has 0 spiro atoms. The average molecular weight is 196 g/mol. The lowest BCUT2D eigenvalue weighted by Crippen LogP contribution is -2.20. The van der Waals surface area contributed by atoms with Gasteiger partial charge in [0.1, 0.15) is 0 Å². The Bertz CT molecular complexity index is 426. The van der Waals surface area contributed by atoms with E-state index in [1.807, 2.05) is 0 Å². The SMILES string of the molecule is Cc1c(Cl)ccc2c1C(=O)NC2=O. The third kappa shape index (κ3) is 1.04. The zero-order valence-corrected chi connectivity index (χ0v) is 7.61.